The van der Waals surface area contributed by atoms with Crippen molar-refractivity contribution >= 4 is 11.9 Å². The summed E-state index contributed by atoms with van der Waals surface area (Å²) in [7, 11) is 0. The number of aliphatic carboxylic acids is 1. The highest BCUT2D eigenvalue weighted by atomic mass is 16.5. The molecule has 102 valence electrons. The van der Waals surface area contributed by atoms with Crippen LogP contribution < -0.4 is 5.32 Å². The van der Waals surface area contributed by atoms with Crippen LogP contribution in [0.2, 0.25) is 0 Å². The number of hydrogen-bond acceptors (Lipinski definition) is 5. The van der Waals surface area contributed by atoms with Gasteiger partial charge in [-0.25, -0.2) is 4.79 Å². The molecule has 1 heterocycles. The van der Waals surface area contributed by atoms with E-state index in [1.165, 1.54) is 13.0 Å². The topological polar surface area (TPSA) is 116 Å². The second kappa shape index (κ2) is 6.36. The van der Waals surface area contributed by atoms with E-state index < -0.39 is 24.2 Å². The Hall–Kier alpha value is -1.60. The molecule has 0 fully saturated rings. The van der Waals surface area contributed by atoms with Gasteiger partial charge < -0.3 is 25.4 Å². The maximum atomic E-state index is 11.0. The molecule has 0 radical (unpaired) electrons. The van der Waals surface area contributed by atoms with Gasteiger partial charge in [0.1, 0.15) is 6.10 Å². The minimum absolute atomic E-state index is 0.0493. The van der Waals surface area contributed by atoms with Gasteiger partial charge in [-0.3, -0.25) is 4.79 Å². The van der Waals surface area contributed by atoms with Crippen molar-refractivity contribution in [2.75, 3.05) is 6.61 Å². The molecule has 0 saturated carbocycles. The summed E-state index contributed by atoms with van der Waals surface area (Å²) in [6.07, 6.45) is -0.264. The molecule has 0 aromatic heterocycles. The molecule has 18 heavy (non-hydrogen) atoms. The molecule has 0 spiro atoms. The highest BCUT2D eigenvalue weighted by molar-refractivity contribution is 5.84. The van der Waals surface area contributed by atoms with Gasteiger partial charge in [-0.05, 0) is 12.5 Å². The summed E-state index contributed by atoms with van der Waals surface area (Å²) in [5, 5.41) is 30.0. The van der Waals surface area contributed by atoms with Gasteiger partial charge in [-0.15, -0.1) is 0 Å². The first kappa shape index (κ1) is 14.5. The van der Waals surface area contributed by atoms with Crippen molar-refractivity contribution in [1.29, 1.82) is 0 Å². The van der Waals surface area contributed by atoms with E-state index in [0.717, 1.165) is 0 Å². The molecule has 1 amide bonds. The van der Waals surface area contributed by atoms with Crippen molar-refractivity contribution in [1.82, 2.24) is 5.32 Å². The Bertz CT molecular complexity index is 353. The first-order valence-electron chi connectivity index (χ1n) is 5.61. The van der Waals surface area contributed by atoms with E-state index >= 15 is 0 Å². The molecule has 0 bridgehead atoms. The SMILES string of the molecule is CC(=O)NC1CC=C(C(=O)O)OC1[C@@H](O)CCO. The lowest BCUT2D eigenvalue weighted by atomic mass is 9.97. The Labute approximate surface area is 104 Å². The van der Waals surface area contributed by atoms with E-state index in [2.05, 4.69) is 5.32 Å². The fourth-order valence-electron chi connectivity index (χ4n) is 1.83. The fourth-order valence-corrected chi connectivity index (χ4v) is 1.83. The maximum absolute atomic E-state index is 11.0. The number of carboxylic acid groups (broad SMARTS) is 1. The van der Waals surface area contributed by atoms with E-state index in [-0.39, 0.29) is 31.1 Å². The predicted molar refractivity (Wildman–Crippen MR) is 60.5 cm³/mol. The summed E-state index contributed by atoms with van der Waals surface area (Å²) in [4.78, 5) is 21.8. The zero-order valence-corrected chi connectivity index (χ0v) is 10.00. The van der Waals surface area contributed by atoms with Crippen LogP contribution in [0.3, 0.4) is 0 Å². The number of carboxylic acids is 1. The van der Waals surface area contributed by atoms with E-state index in [9.17, 15) is 14.7 Å². The molecule has 0 aromatic rings. The van der Waals surface area contributed by atoms with Crippen LogP contribution in [0.1, 0.15) is 19.8 Å². The molecule has 2 unspecified atom stereocenters. The lowest BCUT2D eigenvalue weighted by Crippen LogP contribution is -2.51. The first-order valence-corrected chi connectivity index (χ1v) is 5.61. The highest BCUT2D eigenvalue weighted by Crippen LogP contribution is 2.22. The second-order valence-corrected chi connectivity index (χ2v) is 4.08. The standard InChI is InChI=1S/C11H17NO6/c1-6(14)12-7-2-3-9(11(16)17)18-10(7)8(15)4-5-13/h3,7-8,10,13,15H,2,4-5H2,1H3,(H,12,14)(H,16,17)/t7?,8-,10?/m0/s1. The fraction of sp³-hybridized carbons (Fsp3) is 0.636. The van der Waals surface area contributed by atoms with Gasteiger partial charge in [0.2, 0.25) is 11.7 Å². The maximum Gasteiger partial charge on any atom is 0.370 e. The van der Waals surface area contributed by atoms with E-state index in [1.54, 1.807) is 0 Å². The average Bonchev–Trinajstić information content (AvgIpc) is 2.28. The summed E-state index contributed by atoms with van der Waals surface area (Å²) in [6.45, 7) is 1.08. The van der Waals surface area contributed by atoms with Crippen LogP contribution >= 0.6 is 0 Å². The van der Waals surface area contributed by atoms with Crippen LogP contribution in [0.4, 0.5) is 0 Å². The molecule has 4 N–H and O–H groups in total. The summed E-state index contributed by atoms with van der Waals surface area (Å²) < 4.78 is 5.16. The normalized spacial score (nSPS) is 24.7. The van der Waals surface area contributed by atoms with E-state index in [1.807, 2.05) is 0 Å². The molecule has 3 atom stereocenters. The number of amides is 1. The predicted octanol–water partition coefficient (Wildman–Crippen LogP) is -1.01. The number of aliphatic hydroxyl groups is 2. The lowest BCUT2D eigenvalue weighted by Gasteiger charge is -2.34. The van der Waals surface area contributed by atoms with Crippen molar-refractivity contribution < 1.29 is 29.6 Å². The number of hydrogen-bond donors (Lipinski definition) is 4. The highest BCUT2D eigenvalue weighted by Gasteiger charge is 2.35. The van der Waals surface area contributed by atoms with Crippen molar-refractivity contribution in [3.63, 3.8) is 0 Å². The summed E-state index contributed by atoms with van der Waals surface area (Å²) in [6, 6.07) is -0.507. The zero-order chi connectivity index (χ0) is 13.7. The van der Waals surface area contributed by atoms with E-state index in [4.69, 9.17) is 14.9 Å². The van der Waals surface area contributed by atoms with E-state index in [0.29, 0.717) is 0 Å². The van der Waals surface area contributed by atoms with Crippen LogP contribution in [-0.4, -0.2) is 52.1 Å². The summed E-state index contributed by atoms with van der Waals surface area (Å²) in [5.74, 6) is -1.77. The molecule has 0 aliphatic carbocycles. The monoisotopic (exact) mass is 259 g/mol. The van der Waals surface area contributed by atoms with Gasteiger partial charge in [-0.2, -0.15) is 0 Å². The van der Waals surface area contributed by atoms with Crippen molar-refractivity contribution in [3.05, 3.63) is 11.8 Å². The summed E-state index contributed by atoms with van der Waals surface area (Å²) >= 11 is 0. The van der Waals surface area contributed by atoms with Crippen molar-refractivity contribution in [2.45, 2.75) is 38.0 Å². The molecule has 0 saturated heterocycles. The van der Waals surface area contributed by atoms with Crippen LogP contribution in [0.25, 0.3) is 0 Å². The largest absolute Gasteiger partial charge is 0.478 e. The van der Waals surface area contributed by atoms with Gasteiger partial charge in [0.05, 0.1) is 12.1 Å². The number of aliphatic hydroxyl groups excluding tert-OH is 2. The number of rotatable bonds is 5. The minimum atomic E-state index is -1.22. The van der Waals surface area contributed by atoms with Gasteiger partial charge in [-0.1, -0.05) is 0 Å². The Morgan fingerprint density at radius 2 is 2.28 bits per heavy atom. The van der Waals surface area contributed by atoms with Crippen LogP contribution in [0.15, 0.2) is 11.8 Å². The lowest BCUT2D eigenvalue weighted by molar-refractivity contribution is -0.141. The molecule has 1 aliphatic heterocycles. The Balaban J connectivity index is 2.81. The number of ether oxygens (including phenoxy) is 1. The zero-order valence-electron chi connectivity index (χ0n) is 10.00. The van der Waals surface area contributed by atoms with Gasteiger partial charge in [0.25, 0.3) is 0 Å². The van der Waals surface area contributed by atoms with Crippen molar-refractivity contribution in [3.8, 4) is 0 Å². The number of nitrogens with one attached hydrogen (secondary N) is 1. The molecular formula is C11H17NO6. The quantitative estimate of drug-likeness (QED) is 0.503. The third-order valence-electron chi connectivity index (χ3n) is 2.62. The molecule has 7 nitrogen and oxygen atoms in total. The molecule has 1 rings (SSSR count). The van der Waals surface area contributed by atoms with Crippen LogP contribution in [0.5, 0.6) is 0 Å². The van der Waals surface area contributed by atoms with Gasteiger partial charge in [0, 0.05) is 20.0 Å². The first-order chi connectivity index (χ1) is 8.45. The van der Waals surface area contributed by atoms with Crippen LogP contribution in [0, 0.1) is 0 Å². The third kappa shape index (κ3) is 3.71. The molecule has 7 heteroatoms. The van der Waals surface area contributed by atoms with Crippen molar-refractivity contribution in [2.24, 2.45) is 0 Å². The number of carbonyl (C=O) groups excluding carboxylic acids is 1. The minimum Gasteiger partial charge on any atom is -0.478 e. The average molecular weight is 259 g/mol. The van der Waals surface area contributed by atoms with Gasteiger partial charge >= 0.3 is 5.97 Å². The molecule has 0 aromatic carbocycles. The summed E-state index contributed by atoms with van der Waals surface area (Å²) in [5.41, 5.74) is 0. The van der Waals surface area contributed by atoms with Crippen LogP contribution in [-0.2, 0) is 14.3 Å². The van der Waals surface area contributed by atoms with Gasteiger partial charge in [0.15, 0.2) is 0 Å². The Morgan fingerprint density at radius 3 is 2.78 bits per heavy atom. The smallest absolute Gasteiger partial charge is 0.370 e. The Morgan fingerprint density at radius 1 is 1.61 bits per heavy atom. The molecule has 1 aliphatic rings. The Kier molecular flexibility index (Phi) is 5.11. The number of carbonyl (C=O) groups is 2. The third-order valence-corrected chi connectivity index (χ3v) is 2.62. The second-order valence-electron chi connectivity index (χ2n) is 4.08. The molecular weight excluding hydrogens is 242 g/mol.